The maximum Gasteiger partial charge on any atom is 0.337 e. The van der Waals surface area contributed by atoms with Crippen molar-refractivity contribution < 1.29 is 24.9 Å². The quantitative estimate of drug-likeness (QED) is 0.546. The van der Waals surface area contributed by atoms with Crippen LogP contribution in [0.25, 0.3) is 0 Å². The molecule has 7 nitrogen and oxygen atoms in total. The highest BCUT2D eigenvalue weighted by atomic mass is 16.4. The van der Waals surface area contributed by atoms with Gasteiger partial charge in [0.2, 0.25) is 0 Å². The van der Waals surface area contributed by atoms with E-state index >= 15 is 0 Å². The van der Waals surface area contributed by atoms with Crippen molar-refractivity contribution in [1.82, 2.24) is 10.2 Å². The molecule has 1 aliphatic rings. The molecule has 2 atom stereocenters. The van der Waals surface area contributed by atoms with Gasteiger partial charge in [0, 0.05) is 19.7 Å². The number of hydrogen-bond donors (Lipinski definition) is 4. The molecule has 0 saturated carbocycles. The van der Waals surface area contributed by atoms with Gasteiger partial charge < -0.3 is 25.5 Å². The summed E-state index contributed by atoms with van der Waals surface area (Å²) < 4.78 is 0. The molecule has 0 aliphatic carbocycles. The highest BCUT2D eigenvalue weighted by Gasteiger charge is 2.31. The first-order chi connectivity index (χ1) is 8.86. The lowest BCUT2D eigenvalue weighted by atomic mass is 9.95. The first-order valence-corrected chi connectivity index (χ1v) is 6.46. The Morgan fingerprint density at radius 3 is 2.74 bits per heavy atom. The Morgan fingerprint density at radius 1 is 1.47 bits per heavy atom. The molecule has 0 aromatic rings. The molecular formula is C12H22N2O5. The van der Waals surface area contributed by atoms with Crippen molar-refractivity contribution >= 4 is 12.0 Å². The summed E-state index contributed by atoms with van der Waals surface area (Å²) in [6.07, 6.45) is 2.52. The summed E-state index contributed by atoms with van der Waals surface area (Å²) in [6.45, 7) is 2.08. The molecule has 0 radical (unpaired) electrons. The van der Waals surface area contributed by atoms with E-state index in [9.17, 15) is 14.7 Å². The van der Waals surface area contributed by atoms with Gasteiger partial charge in [0.1, 0.15) is 0 Å². The second-order valence-corrected chi connectivity index (χ2v) is 5.20. The normalized spacial score (nSPS) is 22.7. The zero-order valence-electron chi connectivity index (χ0n) is 11.1. The smallest absolute Gasteiger partial charge is 0.337 e. The molecule has 19 heavy (non-hydrogen) atoms. The summed E-state index contributed by atoms with van der Waals surface area (Å²) in [5.74, 6) is -1.09. The Kier molecular flexibility index (Phi) is 5.56. The third-order valence-corrected chi connectivity index (χ3v) is 3.39. The van der Waals surface area contributed by atoms with Crippen LogP contribution in [0, 0.1) is 5.92 Å². The van der Waals surface area contributed by atoms with Crippen molar-refractivity contribution in [2.75, 3.05) is 26.2 Å². The third kappa shape index (κ3) is 4.68. The number of nitrogens with zero attached hydrogens (tertiary/aromatic N) is 1. The first-order valence-electron chi connectivity index (χ1n) is 6.46. The van der Waals surface area contributed by atoms with Crippen molar-refractivity contribution in [2.24, 2.45) is 5.92 Å². The van der Waals surface area contributed by atoms with Crippen LogP contribution < -0.4 is 5.32 Å². The molecule has 2 unspecified atom stereocenters. The minimum Gasteiger partial charge on any atom is -0.479 e. The van der Waals surface area contributed by atoms with Crippen LogP contribution in [0.2, 0.25) is 0 Å². The van der Waals surface area contributed by atoms with Gasteiger partial charge in [0.15, 0.2) is 5.60 Å². The first kappa shape index (κ1) is 15.7. The van der Waals surface area contributed by atoms with Crippen LogP contribution in [-0.2, 0) is 4.79 Å². The zero-order chi connectivity index (χ0) is 14.5. The van der Waals surface area contributed by atoms with Crippen molar-refractivity contribution in [3.63, 3.8) is 0 Å². The topological polar surface area (TPSA) is 110 Å². The molecule has 110 valence electrons. The number of amides is 2. The number of rotatable bonds is 5. The fourth-order valence-corrected chi connectivity index (χ4v) is 2.10. The van der Waals surface area contributed by atoms with Crippen molar-refractivity contribution in [3.05, 3.63) is 0 Å². The van der Waals surface area contributed by atoms with Crippen LogP contribution in [0.5, 0.6) is 0 Å². The summed E-state index contributed by atoms with van der Waals surface area (Å²) >= 11 is 0. The number of carbonyl (C=O) groups excluding carboxylic acids is 1. The van der Waals surface area contributed by atoms with E-state index in [0.717, 1.165) is 19.8 Å². The minimum atomic E-state index is -1.96. The number of urea groups is 1. The molecule has 2 amide bonds. The lowest BCUT2D eigenvalue weighted by molar-refractivity contribution is -0.155. The van der Waals surface area contributed by atoms with E-state index in [1.54, 1.807) is 4.90 Å². The van der Waals surface area contributed by atoms with Gasteiger partial charge in [-0.3, -0.25) is 0 Å². The Labute approximate surface area is 112 Å². The summed E-state index contributed by atoms with van der Waals surface area (Å²) in [4.78, 5) is 24.2. The molecule has 7 heteroatoms. The summed E-state index contributed by atoms with van der Waals surface area (Å²) in [5.41, 5.74) is -1.96. The average Bonchev–Trinajstić information content (AvgIpc) is 2.36. The van der Waals surface area contributed by atoms with E-state index in [4.69, 9.17) is 10.2 Å². The largest absolute Gasteiger partial charge is 0.479 e. The molecule has 1 fully saturated rings. The second kappa shape index (κ2) is 6.72. The molecule has 0 bridgehead atoms. The number of nitrogens with one attached hydrogen (secondary N) is 1. The summed E-state index contributed by atoms with van der Waals surface area (Å²) in [6, 6.07) is -0.371. The number of aliphatic hydroxyl groups is 2. The Bertz CT molecular complexity index is 330. The lowest BCUT2D eigenvalue weighted by Crippen LogP contribution is -2.52. The van der Waals surface area contributed by atoms with Crippen LogP contribution in [0.4, 0.5) is 4.79 Å². The van der Waals surface area contributed by atoms with Crippen molar-refractivity contribution in [2.45, 2.75) is 31.8 Å². The van der Waals surface area contributed by atoms with Crippen molar-refractivity contribution in [1.29, 1.82) is 0 Å². The maximum absolute atomic E-state index is 11.9. The zero-order valence-corrected chi connectivity index (χ0v) is 11.1. The Morgan fingerprint density at radius 2 is 2.16 bits per heavy atom. The number of piperidine rings is 1. The summed E-state index contributed by atoms with van der Waals surface area (Å²) in [5, 5.41) is 29.6. The molecular weight excluding hydrogens is 252 g/mol. The van der Waals surface area contributed by atoms with Gasteiger partial charge >= 0.3 is 12.0 Å². The maximum atomic E-state index is 11.9. The van der Waals surface area contributed by atoms with Crippen LogP contribution in [0.15, 0.2) is 0 Å². The van der Waals surface area contributed by atoms with Gasteiger partial charge in [-0.05, 0) is 32.1 Å². The van der Waals surface area contributed by atoms with E-state index < -0.39 is 11.6 Å². The number of likely N-dealkylation sites (tertiary alicyclic amines) is 1. The Hall–Kier alpha value is -1.34. The van der Waals surface area contributed by atoms with Crippen molar-refractivity contribution in [3.8, 4) is 0 Å². The van der Waals surface area contributed by atoms with Gasteiger partial charge in [-0.1, -0.05) is 0 Å². The predicted octanol–water partition coefficient (Wildman–Crippen LogP) is -0.374. The fraction of sp³-hybridized carbons (Fsp3) is 0.833. The van der Waals surface area contributed by atoms with Crippen LogP contribution in [0.3, 0.4) is 0 Å². The van der Waals surface area contributed by atoms with Gasteiger partial charge in [-0.2, -0.15) is 0 Å². The highest BCUT2D eigenvalue weighted by molar-refractivity contribution is 5.79. The molecule has 1 saturated heterocycles. The van der Waals surface area contributed by atoms with Crippen LogP contribution in [-0.4, -0.2) is 64.1 Å². The van der Waals surface area contributed by atoms with Gasteiger partial charge in [0.05, 0.1) is 6.54 Å². The SMILES string of the molecule is CC(O)(CNC(=O)N1CCCC(CCO)C1)C(=O)O. The molecule has 1 aliphatic heterocycles. The van der Waals surface area contributed by atoms with E-state index in [0.29, 0.717) is 19.5 Å². The Balaban J connectivity index is 2.43. The number of carboxylic acids is 1. The average molecular weight is 274 g/mol. The van der Waals surface area contributed by atoms with Gasteiger partial charge in [-0.15, -0.1) is 0 Å². The van der Waals surface area contributed by atoms with Gasteiger partial charge in [-0.25, -0.2) is 9.59 Å². The monoisotopic (exact) mass is 274 g/mol. The lowest BCUT2D eigenvalue weighted by Gasteiger charge is -2.33. The fourth-order valence-electron chi connectivity index (χ4n) is 2.10. The summed E-state index contributed by atoms with van der Waals surface area (Å²) in [7, 11) is 0. The minimum absolute atomic E-state index is 0.105. The van der Waals surface area contributed by atoms with E-state index in [2.05, 4.69) is 5.32 Å². The van der Waals surface area contributed by atoms with Crippen LogP contribution in [0.1, 0.15) is 26.2 Å². The second-order valence-electron chi connectivity index (χ2n) is 5.20. The molecule has 4 N–H and O–H groups in total. The molecule has 0 aromatic heterocycles. The number of carbonyl (C=O) groups is 2. The van der Waals surface area contributed by atoms with E-state index in [-0.39, 0.29) is 25.1 Å². The number of aliphatic carboxylic acids is 1. The molecule has 1 heterocycles. The highest BCUT2D eigenvalue weighted by Crippen LogP contribution is 2.19. The molecule has 0 spiro atoms. The van der Waals surface area contributed by atoms with Gasteiger partial charge in [0.25, 0.3) is 0 Å². The van der Waals surface area contributed by atoms with Crippen LogP contribution >= 0.6 is 0 Å². The number of hydrogen-bond acceptors (Lipinski definition) is 4. The number of aliphatic hydroxyl groups excluding tert-OH is 1. The number of carboxylic acid groups (broad SMARTS) is 1. The third-order valence-electron chi connectivity index (χ3n) is 3.39. The molecule has 1 rings (SSSR count). The van der Waals surface area contributed by atoms with E-state index in [1.165, 1.54) is 0 Å². The molecule has 0 aromatic carbocycles. The predicted molar refractivity (Wildman–Crippen MR) is 67.7 cm³/mol. The van der Waals surface area contributed by atoms with E-state index in [1.807, 2.05) is 0 Å². The standard InChI is InChI=1S/C12H22N2O5/c1-12(19,10(16)17)8-13-11(18)14-5-2-3-9(7-14)4-6-15/h9,15,19H,2-8H2,1H3,(H,13,18)(H,16,17).